The van der Waals surface area contributed by atoms with Gasteiger partial charge in [0.25, 0.3) is 0 Å². The Kier molecular flexibility index (Phi) is 7.35. The van der Waals surface area contributed by atoms with Gasteiger partial charge in [-0.25, -0.2) is 13.1 Å². The number of carbonyl (C=O) groups excluding carboxylic acids is 1. The van der Waals surface area contributed by atoms with E-state index in [2.05, 4.69) is 10.0 Å². The van der Waals surface area contributed by atoms with Gasteiger partial charge in [0.1, 0.15) is 5.75 Å². The average molecular weight is 391 g/mol. The predicted octanol–water partition coefficient (Wildman–Crippen LogP) is 1.95. The third-order valence-electron chi connectivity index (χ3n) is 3.94. The van der Waals surface area contributed by atoms with Gasteiger partial charge >= 0.3 is 0 Å². The molecular weight excluding hydrogens is 366 g/mol. The maximum absolute atomic E-state index is 12.1. The molecule has 0 spiro atoms. The topological polar surface area (TPSA) is 111 Å². The van der Waals surface area contributed by atoms with Crippen molar-refractivity contribution in [2.45, 2.75) is 25.2 Å². The molecule has 0 aliphatic heterocycles. The lowest BCUT2D eigenvalue weighted by atomic mass is 10.1. The van der Waals surface area contributed by atoms with E-state index < -0.39 is 10.0 Å². The lowest BCUT2D eigenvalue weighted by Crippen LogP contribution is -2.29. The summed E-state index contributed by atoms with van der Waals surface area (Å²) in [7, 11) is -3.65. The number of nitrogens with two attached hydrogens (primary N) is 1. The zero-order valence-electron chi connectivity index (χ0n) is 15.5. The highest BCUT2D eigenvalue weighted by molar-refractivity contribution is 7.89. The molecular formula is C19H25N3O4S. The second-order valence-electron chi connectivity index (χ2n) is 6.11. The van der Waals surface area contributed by atoms with Gasteiger partial charge in [0, 0.05) is 18.8 Å². The molecule has 0 fully saturated rings. The summed E-state index contributed by atoms with van der Waals surface area (Å²) in [6, 6.07) is 11.8. The second kappa shape index (κ2) is 9.50. The number of rotatable bonds is 9. The minimum atomic E-state index is -3.65. The lowest BCUT2D eigenvalue weighted by molar-refractivity contribution is -0.116. The SMILES string of the molecule is Cc1ccc(OCCC(=O)Nc2cccc(S(=O)(=O)NCCN)c2)cc1C. The quantitative estimate of drug-likeness (QED) is 0.605. The van der Waals surface area contributed by atoms with Gasteiger partial charge in [0.05, 0.1) is 17.9 Å². The summed E-state index contributed by atoms with van der Waals surface area (Å²) in [4.78, 5) is 12.2. The number of carbonyl (C=O) groups is 1. The highest BCUT2D eigenvalue weighted by atomic mass is 32.2. The van der Waals surface area contributed by atoms with Crippen LogP contribution in [0.25, 0.3) is 0 Å². The zero-order chi connectivity index (χ0) is 19.9. The molecule has 146 valence electrons. The molecule has 7 nitrogen and oxygen atoms in total. The standard InChI is InChI=1S/C19H25N3O4S/c1-14-6-7-17(12-15(14)2)26-11-8-19(23)22-16-4-3-5-18(13-16)27(24,25)21-10-9-20/h3-7,12-13,21H,8-11,20H2,1-2H3,(H,22,23). The van der Waals surface area contributed by atoms with Gasteiger partial charge in [-0.3, -0.25) is 4.79 Å². The molecule has 2 rings (SSSR count). The van der Waals surface area contributed by atoms with Crippen LogP contribution >= 0.6 is 0 Å². The van der Waals surface area contributed by atoms with Gasteiger partial charge in [-0.05, 0) is 55.3 Å². The fraction of sp³-hybridized carbons (Fsp3) is 0.316. The molecule has 0 bridgehead atoms. The molecule has 0 unspecified atom stereocenters. The first-order valence-electron chi connectivity index (χ1n) is 8.61. The van der Waals surface area contributed by atoms with Gasteiger partial charge in [-0.2, -0.15) is 0 Å². The van der Waals surface area contributed by atoms with E-state index in [4.69, 9.17) is 10.5 Å². The van der Waals surface area contributed by atoms with E-state index in [0.717, 1.165) is 5.56 Å². The molecule has 0 atom stereocenters. The molecule has 0 saturated heterocycles. The monoisotopic (exact) mass is 391 g/mol. The Hall–Kier alpha value is -2.42. The molecule has 2 aromatic carbocycles. The van der Waals surface area contributed by atoms with E-state index in [0.29, 0.717) is 11.4 Å². The summed E-state index contributed by atoms with van der Waals surface area (Å²) in [5.41, 5.74) is 8.02. The van der Waals surface area contributed by atoms with Crippen LogP contribution in [0.15, 0.2) is 47.4 Å². The number of hydrogen-bond acceptors (Lipinski definition) is 5. The highest BCUT2D eigenvalue weighted by Crippen LogP contribution is 2.17. The molecule has 0 aromatic heterocycles. The highest BCUT2D eigenvalue weighted by Gasteiger charge is 2.14. The van der Waals surface area contributed by atoms with Crippen molar-refractivity contribution in [2.24, 2.45) is 5.73 Å². The Morgan fingerprint density at radius 1 is 1.11 bits per heavy atom. The van der Waals surface area contributed by atoms with Crippen LogP contribution in [0.2, 0.25) is 0 Å². The van der Waals surface area contributed by atoms with Crippen LogP contribution in [-0.2, 0) is 14.8 Å². The van der Waals surface area contributed by atoms with E-state index in [1.54, 1.807) is 12.1 Å². The van der Waals surface area contributed by atoms with E-state index in [1.165, 1.54) is 17.7 Å². The molecule has 0 radical (unpaired) electrons. The molecule has 8 heteroatoms. The summed E-state index contributed by atoms with van der Waals surface area (Å²) in [5, 5.41) is 2.68. The Balaban J connectivity index is 1.90. The molecule has 2 aromatic rings. The second-order valence-corrected chi connectivity index (χ2v) is 7.87. The Morgan fingerprint density at radius 3 is 2.59 bits per heavy atom. The maximum atomic E-state index is 12.1. The first kappa shape index (κ1) is 20.9. The van der Waals surface area contributed by atoms with Crippen molar-refractivity contribution in [3.8, 4) is 5.75 Å². The van der Waals surface area contributed by atoms with Crippen molar-refractivity contribution in [1.82, 2.24) is 4.72 Å². The number of aryl methyl sites for hydroxylation is 2. The third-order valence-corrected chi connectivity index (χ3v) is 5.40. The minimum Gasteiger partial charge on any atom is -0.493 e. The maximum Gasteiger partial charge on any atom is 0.240 e. The molecule has 0 heterocycles. The van der Waals surface area contributed by atoms with Crippen LogP contribution < -0.4 is 20.5 Å². The predicted molar refractivity (Wildman–Crippen MR) is 105 cm³/mol. The Morgan fingerprint density at radius 2 is 1.89 bits per heavy atom. The summed E-state index contributed by atoms with van der Waals surface area (Å²) < 4.78 is 32.2. The van der Waals surface area contributed by atoms with E-state index in [1.807, 2.05) is 32.0 Å². The fourth-order valence-corrected chi connectivity index (χ4v) is 3.40. The number of nitrogens with one attached hydrogen (secondary N) is 2. The summed E-state index contributed by atoms with van der Waals surface area (Å²) in [6.45, 7) is 4.60. The molecule has 0 saturated carbocycles. The summed E-state index contributed by atoms with van der Waals surface area (Å²) >= 11 is 0. The van der Waals surface area contributed by atoms with Gasteiger partial charge in [0.15, 0.2) is 0 Å². The number of benzene rings is 2. The van der Waals surface area contributed by atoms with Crippen LogP contribution in [0.4, 0.5) is 5.69 Å². The minimum absolute atomic E-state index is 0.0696. The summed E-state index contributed by atoms with van der Waals surface area (Å²) in [6.07, 6.45) is 0.148. The van der Waals surface area contributed by atoms with Gasteiger partial charge in [0.2, 0.25) is 15.9 Å². The number of sulfonamides is 1. The first-order chi connectivity index (χ1) is 12.8. The van der Waals surface area contributed by atoms with Crippen LogP contribution in [0.5, 0.6) is 5.75 Å². The van der Waals surface area contributed by atoms with Gasteiger partial charge in [-0.15, -0.1) is 0 Å². The van der Waals surface area contributed by atoms with Crippen molar-refractivity contribution in [3.63, 3.8) is 0 Å². The molecule has 1 amide bonds. The Bertz CT molecular complexity index is 898. The van der Waals surface area contributed by atoms with Crippen LogP contribution in [-0.4, -0.2) is 34.0 Å². The fourth-order valence-electron chi connectivity index (χ4n) is 2.31. The van der Waals surface area contributed by atoms with Crippen molar-refractivity contribution < 1.29 is 17.9 Å². The molecule has 0 aliphatic carbocycles. The van der Waals surface area contributed by atoms with Crippen molar-refractivity contribution in [2.75, 3.05) is 25.0 Å². The van der Waals surface area contributed by atoms with Crippen LogP contribution in [0.3, 0.4) is 0 Å². The molecule has 4 N–H and O–H groups in total. The lowest BCUT2D eigenvalue weighted by Gasteiger charge is -2.10. The third kappa shape index (κ3) is 6.35. The van der Waals surface area contributed by atoms with E-state index in [-0.39, 0.29) is 36.9 Å². The first-order valence-corrected chi connectivity index (χ1v) is 10.1. The van der Waals surface area contributed by atoms with Gasteiger partial charge < -0.3 is 15.8 Å². The summed E-state index contributed by atoms with van der Waals surface area (Å²) in [5.74, 6) is 0.452. The number of hydrogen-bond donors (Lipinski definition) is 3. The number of amides is 1. The van der Waals surface area contributed by atoms with Crippen LogP contribution in [0, 0.1) is 13.8 Å². The van der Waals surface area contributed by atoms with E-state index in [9.17, 15) is 13.2 Å². The smallest absolute Gasteiger partial charge is 0.240 e. The molecule has 27 heavy (non-hydrogen) atoms. The van der Waals surface area contributed by atoms with Crippen LogP contribution in [0.1, 0.15) is 17.5 Å². The van der Waals surface area contributed by atoms with Crippen molar-refractivity contribution >= 4 is 21.6 Å². The largest absolute Gasteiger partial charge is 0.493 e. The zero-order valence-corrected chi connectivity index (χ0v) is 16.3. The normalized spacial score (nSPS) is 11.2. The van der Waals surface area contributed by atoms with Crippen molar-refractivity contribution in [3.05, 3.63) is 53.6 Å². The van der Waals surface area contributed by atoms with Gasteiger partial charge in [-0.1, -0.05) is 12.1 Å². The number of anilines is 1. The average Bonchev–Trinajstić information content (AvgIpc) is 2.63. The number of ether oxygens (including phenoxy) is 1. The van der Waals surface area contributed by atoms with Crippen molar-refractivity contribution in [1.29, 1.82) is 0 Å². The Labute approximate surface area is 160 Å². The molecule has 0 aliphatic rings. The van der Waals surface area contributed by atoms with E-state index >= 15 is 0 Å².